The van der Waals surface area contributed by atoms with Crippen molar-refractivity contribution in [1.82, 2.24) is 19.2 Å². The van der Waals surface area contributed by atoms with Gasteiger partial charge < -0.3 is 14.8 Å². The molecule has 1 N–H and O–H groups in total. The fraction of sp³-hybridized carbons (Fsp3) is 0.188. The van der Waals surface area contributed by atoms with E-state index in [9.17, 15) is 4.79 Å². The monoisotopic (exact) mass is 501 g/mol. The molecule has 1 atom stereocenters. The first-order valence-electron chi connectivity index (χ1n) is 13.1. The Morgan fingerprint density at radius 1 is 0.895 bits per heavy atom. The van der Waals surface area contributed by atoms with Gasteiger partial charge in [0.15, 0.2) is 0 Å². The Bertz CT molecular complexity index is 1580. The van der Waals surface area contributed by atoms with Gasteiger partial charge in [-0.25, -0.2) is 9.48 Å². The highest BCUT2D eigenvalue weighted by atomic mass is 16.2. The predicted octanol–water partition coefficient (Wildman–Crippen LogP) is 6.98. The van der Waals surface area contributed by atoms with E-state index >= 15 is 0 Å². The molecule has 190 valence electrons. The maximum absolute atomic E-state index is 14.1. The van der Waals surface area contributed by atoms with Crippen molar-refractivity contribution in [3.8, 4) is 11.5 Å². The normalized spacial score (nSPS) is 14.5. The van der Waals surface area contributed by atoms with Crippen molar-refractivity contribution in [3.05, 3.63) is 131 Å². The maximum atomic E-state index is 14.1. The summed E-state index contributed by atoms with van der Waals surface area (Å²) in [4.78, 5) is 16.0. The van der Waals surface area contributed by atoms with Crippen LogP contribution in [-0.2, 0) is 13.0 Å². The van der Waals surface area contributed by atoms with Crippen LogP contribution in [0.2, 0.25) is 0 Å². The second-order valence-corrected chi connectivity index (χ2v) is 9.89. The van der Waals surface area contributed by atoms with Crippen molar-refractivity contribution < 1.29 is 4.79 Å². The van der Waals surface area contributed by atoms with E-state index in [1.165, 1.54) is 5.56 Å². The average molecular weight is 502 g/mol. The minimum absolute atomic E-state index is 0.144. The van der Waals surface area contributed by atoms with Crippen LogP contribution in [0, 0.1) is 13.8 Å². The summed E-state index contributed by atoms with van der Waals surface area (Å²) in [6.07, 6.45) is 2.85. The number of nitrogens with zero attached hydrogens (tertiary/aromatic N) is 4. The van der Waals surface area contributed by atoms with Crippen molar-refractivity contribution in [2.45, 2.75) is 39.8 Å². The molecule has 0 saturated heterocycles. The Hall–Kier alpha value is -4.58. The first-order chi connectivity index (χ1) is 18.5. The van der Waals surface area contributed by atoms with Crippen LogP contribution in [0.5, 0.6) is 0 Å². The van der Waals surface area contributed by atoms with Gasteiger partial charge in [-0.2, -0.15) is 5.10 Å². The molecule has 2 amide bonds. The van der Waals surface area contributed by atoms with E-state index in [0.717, 1.165) is 51.7 Å². The third-order valence-corrected chi connectivity index (χ3v) is 7.26. The maximum Gasteiger partial charge on any atom is 0.322 e. The summed E-state index contributed by atoms with van der Waals surface area (Å²) in [5.41, 5.74) is 8.24. The number of benzene rings is 3. The zero-order valence-corrected chi connectivity index (χ0v) is 21.9. The van der Waals surface area contributed by atoms with Gasteiger partial charge in [-0.05, 0) is 62.2 Å². The fourth-order valence-electron chi connectivity index (χ4n) is 5.28. The molecule has 38 heavy (non-hydrogen) atoms. The highest BCUT2D eigenvalue weighted by Gasteiger charge is 2.36. The molecule has 6 nitrogen and oxygen atoms in total. The Morgan fingerprint density at radius 3 is 2.26 bits per heavy atom. The lowest BCUT2D eigenvalue weighted by molar-refractivity contribution is 0.194. The predicted molar refractivity (Wildman–Crippen MR) is 151 cm³/mol. The number of carbonyl (C=O) groups excluding carboxylic acids is 1. The Morgan fingerprint density at radius 2 is 1.58 bits per heavy atom. The van der Waals surface area contributed by atoms with Crippen LogP contribution in [0.1, 0.15) is 46.6 Å². The molecule has 5 aromatic rings. The molecule has 0 radical (unpaired) electrons. The van der Waals surface area contributed by atoms with Gasteiger partial charge in [-0.3, -0.25) is 0 Å². The summed E-state index contributed by atoms with van der Waals surface area (Å²) < 4.78 is 4.23. The molecular weight excluding hydrogens is 470 g/mol. The van der Waals surface area contributed by atoms with Crippen molar-refractivity contribution in [1.29, 1.82) is 0 Å². The number of urea groups is 1. The van der Waals surface area contributed by atoms with Crippen LogP contribution in [0.25, 0.3) is 11.5 Å². The second-order valence-electron chi connectivity index (χ2n) is 9.89. The van der Waals surface area contributed by atoms with Crippen molar-refractivity contribution in [3.63, 3.8) is 0 Å². The molecule has 0 fully saturated rings. The molecule has 6 rings (SSSR count). The van der Waals surface area contributed by atoms with E-state index in [0.29, 0.717) is 6.54 Å². The van der Waals surface area contributed by atoms with E-state index in [1.807, 2.05) is 59.0 Å². The van der Waals surface area contributed by atoms with Gasteiger partial charge in [0.05, 0.1) is 29.7 Å². The van der Waals surface area contributed by atoms with E-state index in [2.05, 4.69) is 78.5 Å². The second kappa shape index (κ2) is 9.71. The highest BCUT2D eigenvalue weighted by Crippen LogP contribution is 2.39. The summed E-state index contributed by atoms with van der Waals surface area (Å²) in [6.45, 7) is 6.68. The Balaban J connectivity index is 1.54. The summed E-state index contributed by atoms with van der Waals surface area (Å²) in [5, 5.41) is 8.19. The molecule has 3 heterocycles. The summed E-state index contributed by atoms with van der Waals surface area (Å²) in [6, 6.07) is 30.3. The van der Waals surface area contributed by atoms with Gasteiger partial charge in [0, 0.05) is 17.4 Å². The zero-order chi connectivity index (χ0) is 26.2. The van der Waals surface area contributed by atoms with Crippen LogP contribution in [0.3, 0.4) is 0 Å². The minimum atomic E-state index is -0.280. The lowest BCUT2D eigenvalue weighted by Crippen LogP contribution is -2.38. The standard InChI is InChI=1S/C32H31N5O/c1-4-28-27-21-36(32(38)33-25-18-14-23(3)15-19-25)30(24-16-12-22(2)13-17-24)29-11-8-20-35(29)31(27)37(34-28)26-9-6-5-7-10-26/h5-20,30H,4,21H2,1-3H3,(H,33,38)/t30-/m0/s1. The van der Waals surface area contributed by atoms with Crippen LogP contribution < -0.4 is 5.32 Å². The summed E-state index contributed by atoms with van der Waals surface area (Å²) >= 11 is 0. The number of amides is 2. The molecular formula is C32H31N5O. The Kier molecular flexibility index (Phi) is 6.08. The average Bonchev–Trinajstić information content (AvgIpc) is 3.52. The lowest BCUT2D eigenvalue weighted by Gasteiger charge is -2.31. The van der Waals surface area contributed by atoms with Gasteiger partial charge in [0.25, 0.3) is 0 Å². The van der Waals surface area contributed by atoms with E-state index in [4.69, 9.17) is 5.10 Å². The van der Waals surface area contributed by atoms with Crippen molar-refractivity contribution in [2.24, 2.45) is 0 Å². The fourth-order valence-corrected chi connectivity index (χ4v) is 5.28. The largest absolute Gasteiger partial charge is 0.322 e. The lowest BCUT2D eigenvalue weighted by atomic mass is 10.0. The Labute approximate surface area is 223 Å². The van der Waals surface area contributed by atoms with E-state index < -0.39 is 0 Å². The third-order valence-electron chi connectivity index (χ3n) is 7.26. The number of carbonyl (C=O) groups is 1. The summed E-state index contributed by atoms with van der Waals surface area (Å²) in [5.74, 6) is 0.982. The summed E-state index contributed by atoms with van der Waals surface area (Å²) in [7, 11) is 0. The number of para-hydroxylation sites is 1. The molecule has 2 aromatic heterocycles. The number of aryl methyl sites for hydroxylation is 3. The van der Waals surface area contributed by atoms with Crippen LogP contribution in [0.4, 0.5) is 10.5 Å². The van der Waals surface area contributed by atoms with E-state index in [1.54, 1.807) is 0 Å². The minimum Gasteiger partial charge on any atom is -0.308 e. The van der Waals surface area contributed by atoms with Crippen molar-refractivity contribution >= 4 is 11.7 Å². The highest BCUT2D eigenvalue weighted by molar-refractivity contribution is 5.90. The van der Waals surface area contributed by atoms with Crippen LogP contribution in [-0.4, -0.2) is 25.3 Å². The molecule has 0 aliphatic carbocycles. The molecule has 0 unspecified atom stereocenters. The van der Waals surface area contributed by atoms with E-state index in [-0.39, 0.29) is 12.1 Å². The number of rotatable bonds is 4. The number of hydrogen-bond acceptors (Lipinski definition) is 2. The number of anilines is 1. The van der Waals surface area contributed by atoms with Crippen LogP contribution in [0.15, 0.2) is 97.2 Å². The molecule has 1 aliphatic heterocycles. The number of nitrogens with one attached hydrogen (secondary N) is 1. The number of hydrogen-bond donors (Lipinski definition) is 1. The van der Waals surface area contributed by atoms with Gasteiger partial charge in [-0.1, -0.05) is 72.6 Å². The third kappa shape index (κ3) is 4.18. The molecule has 0 spiro atoms. The molecule has 3 aromatic carbocycles. The van der Waals surface area contributed by atoms with Gasteiger partial charge in [0.2, 0.25) is 0 Å². The van der Waals surface area contributed by atoms with Crippen LogP contribution >= 0.6 is 0 Å². The molecule has 6 heteroatoms. The molecule has 0 saturated carbocycles. The number of aromatic nitrogens is 3. The number of fused-ring (bicyclic) bond motifs is 3. The molecule has 0 bridgehead atoms. The van der Waals surface area contributed by atoms with Gasteiger partial charge >= 0.3 is 6.03 Å². The first-order valence-corrected chi connectivity index (χ1v) is 13.1. The SMILES string of the molecule is CCc1nn(-c2ccccc2)c2c1CN(C(=O)Nc1ccc(C)cc1)[C@@H](c1ccc(C)cc1)c1cccn1-2. The van der Waals surface area contributed by atoms with Crippen molar-refractivity contribution in [2.75, 3.05) is 5.32 Å². The first kappa shape index (κ1) is 23.8. The quantitative estimate of drug-likeness (QED) is 0.289. The zero-order valence-electron chi connectivity index (χ0n) is 21.9. The van der Waals surface area contributed by atoms with Gasteiger partial charge in [-0.15, -0.1) is 0 Å². The topological polar surface area (TPSA) is 55.1 Å². The molecule has 1 aliphatic rings. The van der Waals surface area contributed by atoms with Gasteiger partial charge in [0.1, 0.15) is 5.82 Å². The smallest absolute Gasteiger partial charge is 0.308 e.